The highest BCUT2D eigenvalue weighted by molar-refractivity contribution is 6.33. The molecule has 0 saturated carbocycles. The minimum Gasteiger partial charge on any atom is -0.296 e. The fourth-order valence-electron chi connectivity index (χ4n) is 2.19. The Kier molecular flexibility index (Phi) is 3.46. The first-order chi connectivity index (χ1) is 10.5. The molecule has 0 spiro atoms. The van der Waals surface area contributed by atoms with Gasteiger partial charge in [-0.05, 0) is 23.8 Å². The van der Waals surface area contributed by atoms with Gasteiger partial charge in [0.05, 0.1) is 10.6 Å². The summed E-state index contributed by atoms with van der Waals surface area (Å²) in [4.78, 5) is 27.8. The van der Waals surface area contributed by atoms with Crippen LogP contribution >= 0.6 is 11.6 Å². The summed E-state index contributed by atoms with van der Waals surface area (Å²) >= 11 is 5.85. The first kappa shape index (κ1) is 14.3. The first-order valence-corrected chi connectivity index (χ1v) is 6.51. The predicted molar refractivity (Wildman–Crippen MR) is 77.2 cm³/mol. The maximum absolute atomic E-state index is 13.5. The van der Waals surface area contributed by atoms with Crippen molar-refractivity contribution < 1.29 is 13.6 Å². The Morgan fingerprint density at radius 3 is 2.64 bits per heavy atom. The molecule has 2 heterocycles. The third-order valence-corrected chi connectivity index (χ3v) is 3.38. The summed E-state index contributed by atoms with van der Waals surface area (Å²) < 4.78 is 27.7. The van der Waals surface area contributed by atoms with Crippen molar-refractivity contribution in [2.75, 3.05) is 0 Å². The number of aldehydes is 1. The Labute approximate surface area is 127 Å². The number of hydrogen-bond donors (Lipinski definition) is 0. The fourth-order valence-corrected chi connectivity index (χ4v) is 2.42. The monoisotopic (exact) mass is 320 g/mol. The van der Waals surface area contributed by atoms with E-state index in [4.69, 9.17) is 11.6 Å². The molecular weight excluding hydrogens is 314 g/mol. The predicted octanol–water partition coefficient (Wildman–Crippen LogP) is 3.11. The summed E-state index contributed by atoms with van der Waals surface area (Å²) in [6.07, 6.45) is 1.29. The molecule has 1 aromatic carbocycles. The molecule has 0 aliphatic rings. The molecule has 3 rings (SSSR count). The van der Waals surface area contributed by atoms with Crippen LogP contribution in [0.3, 0.4) is 0 Å². The molecule has 7 heteroatoms. The number of carbonyl (C=O) groups is 1. The fraction of sp³-hybridized carbons (Fsp3) is 0. The Morgan fingerprint density at radius 2 is 1.95 bits per heavy atom. The van der Waals surface area contributed by atoms with Crippen molar-refractivity contribution >= 4 is 23.5 Å². The lowest BCUT2D eigenvalue weighted by Crippen LogP contribution is -2.20. The third-order valence-electron chi connectivity index (χ3n) is 3.10. The zero-order valence-corrected chi connectivity index (χ0v) is 11.6. The van der Waals surface area contributed by atoms with E-state index in [2.05, 4.69) is 4.98 Å². The van der Waals surface area contributed by atoms with Gasteiger partial charge in [-0.3, -0.25) is 14.0 Å². The molecule has 4 nitrogen and oxygen atoms in total. The van der Waals surface area contributed by atoms with Crippen LogP contribution in [0.2, 0.25) is 5.02 Å². The van der Waals surface area contributed by atoms with Crippen LogP contribution < -0.4 is 5.56 Å². The summed E-state index contributed by atoms with van der Waals surface area (Å²) in [6.45, 7) is 0. The molecule has 110 valence electrons. The number of benzene rings is 1. The zero-order valence-electron chi connectivity index (χ0n) is 10.9. The van der Waals surface area contributed by atoms with Gasteiger partial charge in [-0.15, -0.1) is 0 Å². The van der Waals surface area contributed by atoms with Gasteiger partial charge in [-0.1, -0.05) is 23.7 Å². The van der Waals surface area contributed by atoms with Crippen molar-refractivity contribution in [2.45, 2.75) is 0 Å². The van der Waals surface area contributed by atoms with Crippen molar-refractivity contribution in [3.05, 3.63) is 69.2 Å². The Balaban J connectivity index is 2.47. The molecule has 0 saturated heterocycles. The standard InChI is InChI=1S/C15H7ClF2N2O2/c16-11-5-10(18)6-20-14(11)19-12(7-21)13(15(20)22)8-2-1-3-9(17)4-8/h1-7H. The van der Waals surface area contributed by atoms with Gasteiger partial charge in [0.2, 0.25) is 0 Å². The lowest BCUT2D eigenvalue weighted by molar-refractivity contribution is 0.111. The minimum absolute atomic E-state index is 0.0460. The van der Waals surface area contributed by atoms with Crippen LogP contribution in [0.25, 0.3) is 16.8 Å². The van der Waals surface area contributed by atoms with Crippen LogP contribution in [0.15, 0.2) is 41.3 Å². The van der Waals surface area contributed by atoms with E-state index < -0.39 is 17.2 Å². The molecule has 0 atom stereocenters. The maximum atomic E-state index is 13.5. The van der Waals surface area contributed by atoms with Gasteiger partial charge in [0.25, 0.3) is 5.56 Å². The highest BCUT2D eigenvalue weighted by atomic mass is 35.5. The molecule has 0 bridgehead atoms. The van der Waals surface area contributed by atoms with Gasteiger partial charge in [0, 0.05) is 6.20 Å². The van der Waals surface area contributed by atoms with E-state index in [1.165, 1.54) is 18.2 Å². The highest BCUT2D eigenvalue weighted by Gasteiger charge is 2.17. The van der Waals surface area contributed by atoms with E-state index in [0.717, 1.165) is 22.7 Å². The summed E-state index contributed by atoms with van der Waals surface area (Å²) in [6, 6.07) is 6.14. The summed E-state index contributed by atoms with van der Waals surface area (Å²) in [5, 5.41) is -0.106. The van der Waals surface area contributed by atoms with Crippen molar-refractivity contribution in [3.8, 4) is 11.1 Å². The molecule has 0 radical (unpaired) electrons. The van der Waals surface area contributed by atoms with Gasteiger partial charge >= 0.3 is 0 Å². The molecule has 0 N–H and O–H groups in total. The van der Waals surface area contributed by atoms with E-state index in [1.807, 2.05) is 0 Å². The minimum atomic E-state index is -0.731. The number of fused-ring (bicyclic) bond motifs is 1. The summed E-state index contributed by atoms with van der Waals surface area (Å²) in [7, 11) is 0. The molecule has 22 heavy (non-hydrogen) atoms. The number of nitrogens with zero attached hydrogens (tertiary/aromatic N) is 2. The molecule has 0 fully saturated rings. The van der Waals surface area contributed by atoms with Gasteiger partial charge < -0.3 is 0 Å². The summed E-state index contributed by atoms with van der Waals surface area (Å²) in [5.74, 6) is -1.30. The van der Waals surface area contributed by atoms with E-state index in [-0.39, 0.29) is 27.5 Å². The zero-order chi connectivity index (χ0) is 15.9. The average molecular weight is 321 g/mol. The van der Waals surface area contributed by atoms with Crippen molar-refractivity contribution in [1.29, 1.82) is 0 Å². The summed E-state index contributed by atoms with van der Waals surface area (Å²) in [5.41, 5.74) is -0.887. The Hall–Kier alpha value is -2.60. The molecule has 0 unspecified atom stereocenters. The highest BCUT2D eigenvalue weighted by Crippen LogP contribution is 2.22. The van der Waals surface area contributed by atoms with Crippen LogP contribution in [-0.4, -0.2) is 15.7 Å². The number of pyridine rings is 1. The normalized spacial score (nSPS) is 10.9. The molecule has 0 aliphatic carbocycles. The van der Waals surface area contributed by atoms with E-state index in [0.29, 0.717) is 6.29 Å². The van der Waals surface area contributed by atoms with Gasteiger partial charge in [-0.25, -0.2) is 13.8 Å². The van der Waals surface area contributed by atoms with Gasteiger partial charge in [0.1, 0.15) is 17.3 Å². The molecule has 0 amide bonds. The van der Waals surface area contributed by atoms with Crippen LogP contribution in [0.5, 0.6) is 0 Å². The topological polar surface area (TPSA) is 51.4 Å². The SMILES string of the molecule is O=Cc1nc2c(Cl)cc(F)cn2c(=O)c1-c1cccc(F)c1. The Morgan fingerprint density at radius 1 is 1.18 bits per heavy atom. The van der Waals surface area contributed by atoms with E-state index >= 15 is 0 Å². The maximum Gasteiger partial charge on any atom is 0.266 e. The van der Waals surface area contributed by atoms with Gasteiger partial charge in [0.15, 0.2) is 11.9 Å². The van der Waals surface area contributed by atoms with E-state index in [1.54, 1.807) is 0 Å². The molecule has 3 aromatic rings. The van der Waals surface area contributed by atoms with Crippen LogP contribution in [0.1, 0.15) is 10.5 Å². The lowest BCUT2D eigenvalue weighted by atomic mass is 10.1. The van der Waals surface area contributed by atoms with Crippen molar-refractivity contribution in [3.63, 3.8) is 0 Å². The molecule has 2 aromatic heterocycles. The molecule has 0 aliphatic heterocycles. The van der Waals surface area contributed by atoms with Crippen molar-refractivity contribution in [2.24, 2.45) is 0 Å². The quantitative estimate of drug-likeness (QED) is 0.682. The lowest BCUT2D eigenvalue weighted by Gasteiger charge is -2.09. The van der Waals surface area contributed by atoms with Gasteiger partial charge in [-0.2, -0.15) is 0 Å². The van der Waals surface area contributed by atoms with E-state index in [9.17, 15) is 18.4 Å². The number of carbonyl (C=O) groups excluding carboxylic acids is 1. The smallest absolute Gasteiger partial charge is 0.266 e. The number of hydrogen-bond acceptors (Lipinski definition) is 3. The average Bonchev–Trinajstić information content (AvgIpc) is 2.47. The third kappa shape index (κ3) is 2.27. The second kappa shape index (κ2) is 5.31. The van der Waals surface area contributed by atoms with Crippen LogP contribution in [0, 0.1) is 11.6 Å². The number of aromatic nitrogens is 2. The molecular formula is C15H7ClF2N2O2. The Bertz CT molecular complexity index is 970. The second-order valence-electron chi connectivity index (χ2n) is 4.51. The number of halogens is 3. The largest absolute Gasteiger partial charge is 0.296 e. The number of rotatable bonds is 2. The first-order valence-electron chi connectivity index (χ1n) is 6.14. The van der Waals surface area contributed by atoms with Crippen LogP contribution in [0.4, 0.5) is 8.78 Å². The van der Waals surface area contributed by atoms with Crippen LogP contribution in [-0.2, 0) is 0 Å². The second-order valence-corrected chi connectivity index (χ2v) is 4.91. The van der Waals surface area contributed by atoms with Crippen molar-refractivity contribution in [1.82, 2.24) is 9.38 Å².